The van der Waals surface area contributed by atoms with Gasteiger partial charge in [-0.2, -0.15) is 15.7 Å². The molecule has 2 aromatic carbocycles. The highest BCUT2D eigenvalue weighted by atomic mass is 16.7. The summed E-state index contributed by atoms with van der Waals surface area (Å²) >= 11 is 0. The Labute approximate surface area is 195 Å². The van der Waals surface area contributed by atoms with E-state index in [4.69, 9.17) is 9.94 Å². The van der Waals surface area contributed by atoms with Gasteiger partial charge in [0, 0.05) is 32.7 Å². The van der Waals surface area contributed by atoms with Crippen LogP contribution >= 0.6 is 0 Å². The van der Waals surface area contributed by atoms with Crippen molar-refractivity contribution in [3.8, 4) is 0 Å². The Morgan fingerprint density at radius 1 is 0.970 bits per heavy atom. The van der Waals surface area contributed by atoms with Crippen molar-refractivity contribution < 1.29 is 14.7 Å². The van der Waals surface area contributed by atoms with Gasteiger partial charge in [0.15, 0.2) is 0 Å². The van der Waals surface area contributed by atoms with Crippen LogP contribution in [0.3, 0.4) is 0 Å². The summed E-state index contributed by atoms with van der Waals surface area (Å²) in [6, 6.07) is 19.0. The van der Waals surface area contributed by atoms with E-state index in [0.717, 1.165) is 51.1 Å². The number of hydroxylamine groups is 1. The van der Waals surface area contributed by atoms with E-state index in [1.807, 2.05) is 23.1 Å². The highest BCUT2D eigenvalue weighted by molar-refractivity contribution is 5.69. The molecule has 0 amide bonds. The van der Waals surface area contributed by atoms with Crippen LogP contribution < -0.4 is 5.48 Å². The molecule has 0 saturated carbocycles. The standard InChI is InChI=1S/C25H33N5O3/c31-25(32)19-30-14-12-29(13-15-30)18-23-16-24(28-33-23)22-8-6-21(7-9-22)17-27-26-11-10-20-4-2-1-3-5-20/h1-9,23-24,28H,10-19H2,(H,31,32). The number of azo groups is 1. The normalized spacial score (nSPS) is 22.2. The van der Waals surface area contributed by atoms with E-state index in [0.29, 0.717) is 13.1 Å². The minimum Gasteiger partial charge on any atom is -0.480 e. The summed E-state index contributed by atoms with van der Waals surface area (Å²) in [6.07, 6.45) is 1.98. The van der Waals surface area contributed by atoms with E-state index in [9.17, 15) is 4.79 Å². The lowest BCUT2D eigenvalue weighted by molar-refractivity contribution is -0.138. The summed E-state index contributed by atoms with van der Waals surface area (Å²) < 4.78 is 0. The maximum absolute atomic E-state index is 10.9. The molecule has 2 aliphatic rings. The lowest BCUT2D eigenvalue weighted by Gasteiger charge is -2.34. The van der Waals surface area contributed by atoms with Crippen LogP contribution in [0.15, 0.2) is 64.8 Å². The van der Waals surface area contributed by atoms with Crippen LogP contribution in [0, 0.1) is 0 Å². The predicted octanol–water partition coefficient (Wildman–Crippen LogP) is 2.92. The van der Waals surface area contributed by atoms with Crippen molar-refractivity contribution in [2.75, 3.05) is 45.8 Å². The third-order valence-corrected chi connectivity index (χ3v) is 6.24. The van der Waals surface area contributed by atoms with Crippen LogP contribution in [0.5, 0.6) is 0 Å². The lowest BCUT2D eigenvalue weighted by atomic mass is 10.0. The molecule has 176 valence electrons. The van der Waals surface area contributed by atoms with E-state index >= 15 is 0 Å². The number of rotatable bonds is 10. The monoisotopic (exact) mass is 451 g/mol. The molecule has 4 rings (SSSR count). The first-order valence-corrected chi connectivity index (χ1v) is 11.7. The zero-order chi connectivity index (χ0) is 22.9. The van der Waals surface area contributed by atoms with E-state index in [1.165, 1.54) is 11.1 Å². The molecule has 2 N–H and O–H groups in total. The molecule has 33 heavy (non-hydrogen) atoms. The van der Waals surface area contributed by atoms with E-state index in [2.05, 4.69) is 57.0 Å². The SMILES string of the molecule is O=C(O)CN1CCN(CC2CC(c3ccc(CN=NCCc4ccccc4)cc3)NO2)CC1. The number of hydrogen-bond acceptors (Lipinski definition) is 7. The second-order valence-electron chi connectivity index (χ2n) is 8.76. The van der Waals surface area contributed by atoms with Gasteiger partial charge < -0.3 is 5.11 Å². The molecule has 0 spiro atoms. The maximum Gasteiger partial charge on any atom is 0.317 e. The van der Waals surface area contributed by atoms with Crippen molar-refractivity contribution in [3.63, 3.8) is 0 Å². The van der Waals surface area contributed by atoms with Gasteiger partial charge in [0.2, 0.25) is 0 Å². The smallest absolute Gasteiger partial charge is 0.317 e. The quantitative estimate of drug-likeness (QED) is 0.540. The maximum atomic E-state index is 10.9. The second kappa shape index (κ2) is 12.0. The molecule has 2 aromatic rings. The number of carboxylic acid groups (broad SMARTS) is 1. The summed E-state index contributed by atoms with van der Waals surface area (Å²) in [5, 5.41) is 17.6. The van der Waals surface area contributed by atoms with Gasteiger partial charge in [-0.15, -0.1) is 0 Å². The number of carbonyl (C=O) groups is 1. The molecule has 2 fully saturated rings. The Bertz CT molecular complexity index is 898. The van der Waals surface area contributed by atoms with Gasteiger partial charge in [-0.25, -0.2) is 0 Å². The molecule has 8 heteroatoms. The number of nitrogens with zero attached hydrogens (tertiary/aromatic N) is 4. The van der Waals surface area contributed by atoms with Gasteiger partial charge in [0.1, 0.15) is 0 Å². The highest BCUT2D eigenvalue weighted by Gasteiger charge is 2.29. The Morgan fingerprint density at radius 3 is 2.42 bits per heavy atom. The van der Waals surface area contributed by atoms with Crippen LogP contribution in [0.25, 0.3) is 0 Å². The lowest BCUT2D eigenvalue weighted by Crippen LogP contribution is -2.49. The molecular formula is C25H33N5O3. The van der Waals surface area contributed by atoms with Crippen molar-refractivity contribution in [1.82, 2.24) is 15.3 Å². The number of carboxylic acids is 1. The summed E-state index contributed by atoms with van der Waals surface area (Å²) in [4.78, 5) is 21.0. The average molecular weight is 452 g/mol. The van der Waals surface area contributed by atoms with E-state index in [1.54, 1.807) is 0 Å². The Hall–Kier alpha value is -2.65. The largest absolute Gasteiger partial charge is 0.480 e. The third kappa shape index (κ3) is 7.43. The van der Waals surface area contributed by atoms with Crippen molar-refractivity contribution in [2.45, 2.75) is 31.5 Å². The summed E-state index contributed by atoms with van der Waals surface area (Å²) in [7, 11) is 0. The fourth-order valence-corrected chi connectivity index (χ4v) is 4.34. The summed E-state index contributed by atoms with van der Waals surface area (Å²) in [5.74, 6) is -0.758. The number of piperazine rings is 1. The van der Waals surface area contributed by atoms with Gasteiger partial charge in [-0.1, -0.05) is 54.6 Å². The van der Waals surface area contributed by atoms with Crippen molar-refractivity contribution >= 4 is 5.97 Å². The molecular weight excluding hydrogens is 418 g/mol. The molecule has 0 aliphatic carbocycles. The number of hydrogen-bond donors (Lipinski definition) is 2. The van der Waals surface area contributed by atoms with E-state index in [-0.39, 0.29) is 18.7 Å². The van der Waals surface area contributed by atoms with Gasteiger partial charge in [0.05, 0.1) is 31.8 Å². The van der Waals surface area contributed by atoms with E-state index < -0.39 is 5.97 Å². The molecule has 2 atom stereocenters. The second-order valence-corrected chi connectivity index (χ2v) is 8.76. The van der Waals surface area contributed by atoms with Crippen LogP contribution in [0.4, 0.5) is 0 Å². The summed E-state index contributed by atoms with van der Waals surface area (Å²) in [6.45, 7) is 5.65. The molecule has 2 aliphatic heterocycles. The molecule has 0 aromatic heterocycles. The average Bonchev–Trinajstić information content (AvgIpc) is 3.29. The highest BCUT2D eigenvalue weighted by Crippen LogP contribution is 2.26. The van der Waals surface area contributed by atoms with Crippen LogP contribution in [-0.4, -0.2) is 72.8 Å². The molecule has 2 saturated heterocycles. The van der Waals surface area contributed by atoms with Crippen molar-refractivity contribution in [3.05, 3.63) is 71.3 Å². The summed E-state index contributed by atoms with van der Waals surface area (Å²) in [5.41, 5.74) is 6.83. The molecule has 2 heterocycles. The molecule has 8 nitrogen and oxygen atoms in total. The minimum atomic E-state index is -0.758. The fraction of sp³-hybridized carbons (Fsp3) is 0.480. The molecule has 0 bridgehead atoms. The van der Waals surface area contributed by atoms with Crippen molar-refractivity contribution in [1.29, 1.82) is 0 Å². The topological polar surface area (TPSA) is 89.8 Å². The zero-order valence-corrected chi connectivity index (χ0v) is 19.0. The Balaban J connectivity index is 1.16. The van der Waals surface area contributed by atoms with Gasteiger partial charge in [-0.3, -0.25) is 19.4 Å². The van der Waals surface area contributed by atoms with Crippen molar-refractivity contribution in [2.24, 2.45) is 10.2 Å². The first-order valence-electron chi connectivity index (χ1n) is 11.7. The zero-order valence-electron chi connectivity index (χ0n) is 19.0. The number of benzene rings is 2. The Kier molecular flexibility index (Phi) is 8.54. The van der Waals surface area contributed by atoms with Gasteiger partial charge in [-0.05, 0) is 29.5 Å². The number of nitrogens with one attached hydrogen (secondary N) is 1. The van der Waals surface area contributed by atoms with Gasteiger partial charge in [0.25, 0.3) is 0 Å². The van der Waals surface area contributed by atoms with Crippen LogP contribution in [0.2, 0.25) is 0 Å². The predicted molar refractivity (Wildman–Crippen MR) is 126 cm³/mol. The fourth-order valence-electron chi connectivity index (χ4n) is 4.34. The van der Waals surface area contributed by atoms with Gasteiger partial charge >= 0.3 is 5.97 Å². The van der Waals surface area contributed by atoms with Crippen LogP contribution in [-0.2, 0) is 22.6 Å². The third-order valence-electron chi connectivity index (χ3n) is 6.24. The first kappa shape index (κ1) is 23.5. The Morgan fingerprint density at radius 2 is 1.70 bits per heavy atom. The first-order chi connectivity index (χ1) is 16.2. The molecule has 0 radical (unpaired) electrons. The number of aliphatic carboxylic acids is 1. The minimum absolute atomic E-state index is 0.127. The molecule has 2 unspecified atom stereocenters. The van der Waals surface area contributed by atoms with Crippen LogP contribution in [0.1, 0.15) is 29.2 Å².